The second kappa shape index (κ2) is 56.4. The number of carbonyl (C=O) groups is 1. The Bertz CT molecular complexity index is 1500. The first-order valence-corrected chi connectivity index (χ1v) is 33.0. The molecule has 75 heavy (non-hydrogen) atoms. The summed E-state index contributed by atoms with van der Waals surface area (Å²) in [6.07, 6.45) is 80.2. The number of aliphatic hydroxyl groups is 1. The van der Waals surface area contributed by atoms with E-state index in [4.69, 9.17) is 9.05 Å². The van der Waals surface area contributed by atoms with Gasteiger partial charge < -0.3 is 19.8 Å². The molecule has 0 spiro atoms. The first-order valence-electron chi connectivity index (χ1n) is 31.5. The second-order valence-electron chi connectivity index (χ2n) is 22.4. The third kappa shape index (κ3) is 59.2. The van der Waals surface area contributed by atoms with Crippen molar-refractivity contribution in [1.82, 2.24) is 5.32 Å². The van der Waals surface area contributed by atoms with Gasteiger partial charge in [0, 0.05) is 6.42 Å². The number of quaternary nitrogens is 1. The molecule has 0 aromatic heterocycles. The van der Waals surface area contributed by atoms with Crippen LogP contribution >= 0.6 is 7.82 Å². The van der Waals surface area contributed by atoms with E-state index in [0.29, 0.717) is 17.4 Å². The van der Waals surface area contributed by atoms with Crippen molar-refractivity contribution in [3.05, 3.63) is 85.1 Å². The fourth-order valence-electron chi connectivity index (χ4n) is 8.97. The summed E-state index contributed by atoms with van der Waals surface area (Å²) in [6, 6.07) is -0.863. The average Bonchev–Trinajstić information content (AvgIpc) is 3.37. The lowest BCUT2D eigenvalue weighted by atomic mass is 10.0. The van der Waals surface area contributed by atoms with Crippen LogP contribution in [0.25, 0.3) is 0 Å². The summed E-state index contributed by atoms with van der Waals surface area (Å²) in [5.41, 5.74) is 0. The van der Waals surface area contributed by atoms with Crippen LogP contribution in [0.15, 0.2) is 85.1 Å². The van der Waals surface area contributed by atoms with Gasteiger partial charge in [-0.3, -0.25) is 13.8 Å². The van der Waals surface area contributed by atoms with Gasteiger partial charge in [0.15, 0.2) is 0 Å². The molecule has 9 heteroatoms. The Morgan fingerprint density at radius 1 is 0.467 bits per heavy atom. The van der Waals surface area contributed by atoms with E-state index < -0.39 is 20.0 Å². The van der Waals surface area contributed by atoms with Crippen LogP contribution in [0.5, 0.6) is 0 Å². The van der Waals surface area contributed by atoms with Crippen molar-refractivity contribution in [1.29, 1.82) is 0 Å². The summed E-state index contributed by atoms with van der Waals surface area (Å²) in [5, 5.41) is 13.9. The quantitative estimate of drug-likeness (QED) is 0.0243. The Morgan fingerprint density at radius 2 is 0.813 bits per heavy atom. The molecule has 0 aliphatic carbocycles. The lowest BCUT2D eigenvalue weighted by molar-refractivity contribution is -0.870. The minimum Gasteiger partial charge on any atom is -0.387 e. The molecule has 436 valence electrons. The third-order valence-electron chi connectivity index (χ3n) is 13.8. The number of nitrogens with one attached hydrogen (secondary N) is 1. The van der Waals surface area contributed by atoms with Gasteiger partial charge in [-0.15, -0.1) is 0 Å². The van der Waals surface area contributed by atoms with E-state index in [1.54, 1.807) is 6.08 Å². The highest BCUT2D eigenvalue weighted by Crippen LogP contribution is 2.43. The van der Waals surface area contributed by atoms with Crippen molar-refractivity contribution in [3.8, 4) is 0 Å². The first-order chi connectivity index (χ1) is 36.5. The highest BCUT2D eigenvalue weighted by atomic mass is 31.2. The normalized spacial score (nSPS) is 14.4. The average molecular weight is 1070 g/mol. The number of nitrogens with zero attached hydrogens (tertiary/aromatic N) is 1. The summed E-state index contributed by atoms with van der Waals surface area (Å²) < 4.78 is 23.6. The molecule has 1 amide bonds. The van der Waals surface area contributed by atoms with Gasteiger partial charge in [0.05, 0.1) is 39.9 Å². The molecule has 0 aliphatic heterocycles. The van der Waals surface area contributed by atoms with Crippen molar-refractivity contribution in [3.63, 3.8) is 0 Å². The predicted octanol–water partition coefficient (Wildman–Crippen LogP) is 19.6. The molecule has 0 fully saturated rings. The number of hydrogen-bond acceptors (Lipinski definition) is 5. The van der Waals surface area contributed by atoms with Crippen molar-refractivity contribution < 1.29 is 32.9 Å². The number of phosphoric acid groups is 1. The molecule has 3 unspecified atom stereocenters. The van der Waals surface area contributed by atoms with Gasteiger partial charge >= 0.3 is 7.82 Å². The Balaban J connectivity index is 3.86. The lowest BCUT2D eigenvalue weighted by Gasteiger charge is -2.25. The molecule has 0 aliphatic rings. The number of hydrogen-bond donors (Lipinski definition) is 3. The van der Waals surface area contributed by atoms with Gasteiger partial charge in [0.2, 0.25) is 5.91 Å². The van der Waals surface area contributed by atoms with Crippen LogP contribution in [0.3, 0.4) is 0 Å². The van der Waals surface area contributed by atoms with Crippen molar-refractivity contribution in [2.24, 2.45) is 0 Å². The molecule has 8 nitrogen and oxygen atoms in total. The molecule has 0 bridgehead atoms. The Labute approximate surface area is 465 Å². The van der Waals surface area contributed by atoms with Crippen molar-refractivity contribution in [2.75, 3.05) is 40.9 Å². The van der Waals surface area contributed by atoms with Gasteiger partial charge in [0.25, 0.3) is 0 Å². The molecule has 3 N–H and O–H groups in total. The standard InChI is InChI=1S/C66H121N2O6P/c1-6-8-10-12-14-16-18-20-21-22-23-24-25-26-27-28-29-30-31-32-33-34-35-36-37-38-39-40-41-42-43-44-45-46-47-48-50-52-54-56-58-60-66(70)67-64(63-74-75(71,72)73-62-61-68(3,4)5)65(69)59-57-55-53-51-49-19-17-15-13-11-9-7-2/h8,10,14,16,20-21,23-24,26-27,49,51,57,59,64-65,69H,6-7,9,11-13,15,17-19,22,25,28-48,50,52-56,58,60-63H2,1-5H3,(H-,67,70,71,72)/p+1/b10-8-,16-14-,21-20-,24-23-,27-26-,51-49+,59-57+. The molecule has 0 heterocycles. The van der Waals surface area contributed by atoms with Gasteiger partial charge in [-0.05, 0) is 77.0 Å². The van der Waals surface area contributed by atoms with Gasteiger partial charge in [-0.2, -0.15) is 0 Å². The molecule has 0 saturated carbocycles. The molecule has 0 aromatic carbocycles. The van der Waals surface area contributed by atoms with Crippen LogP contribution in [0.4, 0.5) is 0 Å². The molecular formula is C66H122N2O6P+. The monoisotopic (exact) mass is 1070 g/mol. The molecule has 0 radical (unpaired) electrons. The van der Waals surface area contributed by atoms with Crippen LogP contribution < -0.4 is 5.32 Å². The summed E-state index contributed by atoms with van der Waals surface area (Å²) in [6.45, 7) is 4.67. The summed E-state index contributed by atoms with van der Waals surface area (Å²) in [5.74, 6) is -0.185. The molecule has 0 rings (SSSR count). The van der Waals surface area contributed by atoms with Crippen LogP contribution in [0, 0.1) is 0 Å². The third-order valence-corrected chi connectivity index (χ3v) is 14.8. The topological polar surface area (TPSA) is 105 Å². The Kier molecular flexibility index (Phi) is 54.7. The minimum absolute atomic E-state index is 0.0556. The number of rotatable bonds is 57. The summed E-state index contributed by atoms with van der Waals surface area (Å²) >= 11 is 0. The number of unbranched alkanes of at least 4 members (excludes halogenated alkanes) is 32. The fraction of sp³-hybridized carbons (Fsp3) is 0.773. The maximum atomic E-state index is 13.0. The van der Waals surface area contributed by atoms with Gasteiger partial charge in [-0.1, -0.05) is 279 Å². The Hall–Kier alpha value is -2.32. The molecule has 0 aromatic rings. The minimum atomic E-state index is -4.35. The van der Waals surface area contributed by atoms with E-state index in [-0.39, 0.29) is 19.1 Å². The number of amides is 1. The van der Waals surface area contributed by atoms with E-state index in [9.17, 15) is 19.4 Å². The second-order valence-corrected chi connectivity index (χ2v) is 23.8. The van der Waals surface area contributed by atoms with Crippen LogP contribution in [-0.4, -0.2) is 73.4 Å². The zero-order valence-electron chi connectivity index (χ0n) is 49.8. The van der Waals surface area contributed by atoms with E-state index in [2.05, 4.69) is 92.1 Å². The fourth-order valence-corrected chi connectivity index (χ4v) is 9.70. The SMILES string of the molecule is CC/C=C\C/C=C\C/C=C\C/C=C\C/C=C\CCCCCCCCCCCCCCCCCCCCCCCCCCCC(=O)NC(COP(=O)(O)OCC[N+](C)(C)C)C(O)/C=C/CC/C=C/CCCCCCCC. The summed E-state index contributed by atoms with van der Waals surface area (Å²) in [7, 11) is 1.56. The van der Waals surface area contributed by atoms with Gasteiger partial charge in [-0.25, -0.2) is 4.57 Å². The maximum Gasteiger partial charge on any atom is 0.472 e. The lowest BCUT2D eigenvalue weighted by Crippen LogP contribution is -2.45. The Morgan fingerprint density at radius 3 is 1.23 bits per heavy atom. The van der Waals surface area contributed by atoms with E-state index in [0.717, 1.165) is 70.6 Å². The smallest absolute Gasteiger partial charge is 0.387 e. The highest BCUT2D eigenvalue weighted by molar-refractivity contribution is 7.47. The van der Waals surface area contributed by atoms with E-state index >= 15 is 0 Å². The maximum absolute atomic E-state index is 13.0. The largest absolute Gasteiger partial charge is 0.472 e. The van der Waals surface area contributed by atoms with E-state index in [1.807, 2.05) is 27.2 Å². The zero-order chi connectivity index (χ0) is 54.9. The zero-order valence-corrected chi connectivity index (χ0v) is 50.7. The number of aliphatic hydroxyl groups excluding tert-OH is 1. The van der Waals surface area contributed by atoms with Crippen LogP contribution in [0.1, 0.15) is 277 Å². The molecule has 0 saturated heterocycles. The van der Waals surface area contributed by atoms with Gasteiger partial charge in [0.1, 0.15) is 13.2 Å². The number of allylic oxidation sites excluding steroid dienone is 13. The number of carbonyl (C=O) groups excluding carboxylic acids is 1. The molecule has 3 atom stereocenters. The number of likely N-dealkylation sites (N-methyl/N-ethyl adjacent to an activating group) is 1. The van der Waals surface area contributed by atoms with E-state index in [1.165, 1.54) is 186 Å². The molecular weight excluding hydrogens is 948 g/mol. The van der Waals surface area contributed by atoms with Crippen LogP contribution in [-0.2, 0) is 18.4 Å². The highest BCUT2D eigenvalue weighted by Gasteiger charge is 2.27. The van der Waals surface area contributed by atoms with Crippen LogP contribution in [0.2, 0.25) is 0 Å². The van der Waals surface area contributed by atoms with Crippen molar-refractivity contribution >= 4 is 13.7 Å². The van der Waals surface area contributed by atoms with Crippen molar-refractivity contribution in [2.45, 2.75) is 289 Å². The first kappa shape index (κ1) is 72.7. The summed E-state index contributed by atoms with van der Waals surface area (Å²) in [4.78, 5) is 23.2. The predicted molar refractivity (Wildman–Crippen MR) is 327 cm³/mol. The number of phosphoric ester groups is 1.